The highest BCUT2D eigenvalue weighted by molar-refractivity contribution is 5.66. The van der Waals surface area contributed by atoms with Crippen molar-refractivity contribution in [3.63, 3.8) is 0 Å². The van der Waals surface area contributed by atoms with E-state index in [1.807, 2.05) is 0 Å². The van der Waals surface area contributed by atoms with Crippen LogP contribution in [0.1, 0.15) is 120 Å². The Morgan fingerprint density at radius 3 is 2.00 bits per heavy atom. The van der Waals surface area contributed by atoms with Crippen molar-refractivity contribution in [1.29, 1.82) is 0 Å². The van der Waals surface area contributed by atoms with Crippen LogP contribution in [0.5, 0.6) is 0 Å². The van der Waals surface area contributed by atoms with E-state index in [4.69, 9.17) is 37.9 Å². The molecule has 0 aromatic rings. The van der Waals surface area contributed by atoms with Crippen molar-refractivity contribution < 1.29 is 88.6 Å². The van der Waals surface area contributed by atoms with Crippen LogP contribution in [0.3, 0.4) is 0 Å². The van der Waals surface area contributed by atoms with Gasteiger partial charge < -0.3 is 83.9 Å². The predicted octanol–water partition coefficient (Wildman–Crippen LogP) is 0.786. The van der Waals surface area contributed by atoms with E-state index >= 15 is 0 Å². The molecule has 18 heteroatoms. The van der Waals surface area contributed by atoms with E-state index in [1.165, 1.54) is 13.8 Å². The summed E-state index contributed by atoms with van der Waals surface area (Å²) in [6.45, 7) is 16.8. The largest absolute Gasteiger partial charge is 0.457 e. The smallest absolute Gasteiger partial charge is 0.303 e. The average molecular weight is 943 g/mol. The van der Waals surface area contributed by atoms with Crippen LogP contribution in [-0.2, 0) is 42.7 Å². The lowest BCUT2D eigenvalue weighted by molar-refractivity contribution is -0.366. The van der Waals surface area contributed by atoms with Gasteiger partial charge in [0.15, 0.2) is 31.1 Å². The molecule has 0 aromatic carbocycles. The van der Waals surface area contributed by atoms with E-state index in [-0.39, 0.29) is 58.7 Å². The van der Waals surface area contributed by atoms with Gasteiger partial charge in [0.1, 0.15) is 42.7 Å². The number of hydrogen-bond donors (Lipinski definition) is 9. The molecule has 18 nitrogen and oxygen atoms in total. The van der Waals surface area contributed by atoms with E-state index in [0.717, 1.165) is 32.1 Å². The minimum Gasteiger partial charge on any atom is -0.457 e. The summed E-state index contributed by atoms with van der Waals surface area (Å²) >= 11 is 0. The van der Waals surface area contributed by atoms with Gasteiger partial charge in [0.05, 0.1) is 54.9 Å². The van der Waals surface area contributed by atoms with Gasteiger partial charge in [0.25, 0.3) is 0 Å². The first-order valence-corrected chi connectivity index (χ1v) is 24.5. The molecule has 0 unspecified atom stereocenters. The summed E-state index contributed by atoms with van der Waals surface area (Å²) in [6.07, 6.45) is -13.6. The van der Waals surface area contributed by atoms with Gasteiger partial charge in [0, 0.05) is 12.8 Å². The van der Waals surface area contributed by atoms with Crippen molar-refractivity contribution >= 4 is 5.97 Å². The fraction of sp³-hybridized carbons (Fsp3) is 0.979. The molecule has 2 spiro atoms. The van der Waals surface area contributed by atoms with Crippen molar-refractivity contribution in [2.75, 3.05) is 13.2 Å². The Balaban J connectivity index is 1.04. The SMILES string of the molecule is CC(=O)O[C@@H]1[C@H](O[C@@H]2O[C@H](C)[C@H](O)[C@H](O)[C@@H]2O)[C@H](O[C@H]2CC[C@]34C[C@]35CC[C@]3(C)[C@H]([C@@]6(C)CC[C@@H](C(C)(C)O)O6)[C@H](O)C[C@@]3(C)[C@@H]5C[C@H](O[C@@H]3OC[C@@H](O)[C@H](O)[C@H]3O)[C@@H]4C2(C)C)OC[C@H]1O. The second-order valence-electron chi connectivity index (χ2n) is 24.0. The number of carbonyl (C=O) groups is 1. The van der Waals surface area contributed by atoms with Gasteiger partial charge in [-0.1, -0.05) is 27.7 Å². The number of ether oxygens (including phenoxy) is 8. The molecule has 4 saturated heterocycles. The molecule has 9 fully saturated rings. The molecule has 9 aliphatic rings. The molecule has 9 rings (SSSR count). The molecule has 4 heterocycles. The Labute approximate surface area is 387 Å². The number of aliphatic hydroxyl groups excluding tert-OH is 8. The molecule has 0 radical (unpaired) electrons. The lowest BCUT2D eigenvalue weighted by Gasteiger charge is -2.65. The topological polar surface area (TPSA) is 273 Å². The van der Waals surface area contributed by atoms with Crippen LogP contribution in [0.4, 0.5) is 0 Å². The molecule has 66 heavy (non-hydrogen) atoms. The maximum Gasteiger partial charge on any atom is 0.303 e. The second-order valence-corrected chi connectivity index (χ2v) is 24.0. The molecule has 0 aromatic heterocycles. The first-order chi connectivity index (χ1) is 30.7. The van der Waals surface area contributed by atoms with E-state index < -0.39 is 121 Å². The molecule has 0 bridgehead atoms. The van der Waals surface area contributed by atoms with Crippen LogP contribution >= 0.6 is 0 Å². The third-order valence-corrected chi connectivity index (χ3v) is 19.6. The van der Waals surface area contributed by atoms with Gasteiger partial charge >= 0.3 is 5.97 Å². The zero-order chi connectivity index (χ0) is 48.1. The number of hydrogen-bond acceptors (Lipinski definition) is 18. The minimum atomic E-state index is -1.70. The second kappa shape index (κ2) is 16.7. The Morgan fingerprint density at radius 1 is 0.667 bits per heavy atom. The van der Waals surface area contributed by atoms with Crippen molar-refractivity contribution in [2.45, 2.75) is 236 Å². The average Bonchev–Trinajstić information content (AvgIpc) is 3.59. The number of fused-ring (bicyclic) bond motifs is 2. The number of rotatable bonds is 9. The number of esters is 1. The van der Waals surface area contributed by atoms with Crippen LogP contribution in [0, 0.1) is 44.8 Å². The summed E-state index contributed by atoms with van der Waals surface area (Å²) < 4.78 is 50.5. The van der Waals surface area contributed by atoms with Gasteiger partial charge in [-0.3, -0.25) is 4.79 Å². The Bertz CT molecular complexity index is 1810. The molecular formula is C48H78O18. The highest BCUT2D eigenvalue weighted by Gasteiger charge is 2.85. The van der Waals surface area contributed by atoms with Gasteiger partial charge in [-0.2, -0.15) is 0 Å². The fourth-order valence-corrected chi connectivity index (χ4v) is 16.3. The standard InChI is InChI=1S/C48H78O18/c1-21-30(53)32(55)34(57)40(61-21)65-36-35(62-22(2)49)25(52)19-60-41(36)64-28-11-13-48-20-47(48)15-14-44(7)37(46(9)12-10-29(66-46)43(5,6)58)23(50)17-45(44,8)27(47)16-26(38(48)42(28,3)4)63-39-33(56)31(54)24(51)18-59-39/h21,23-41,50-58H,10-20H2,1-9H3/t21-,23-,24-,25-,26+,27+,28+,29+,30+,31+,32+,33-,34+,35+,36+,37-,38-,39+,40+,41+,44-,45+,46-,47+,48-/m1/s1. The normalized spacial score (nSPS) is 56.7. The monoisotopic (exact) mass is 943 g/mol. The predicted molar refractivity (Wildman–Crippen MR) is 229 cm³/mol. The van der Waals surface area contributed by atoms with E-state index in [2.05, 4.69) is 34.6 Å². The van der Waals surface area contributed by atoms with Gasteiger partial charge in [-0.25, -0.2) is 0 Å². The van der Waals surface area contributed by atoms with Crippen LogP contribution in [0.2, 0.25) is 0 Å². The van der Waals surface area contributed by atoms with Crippen molar-refractivity contribution in [3.8, 4) is 0 Å². The Morgan fingerprint density at radius 2 is 1.33 bits per heavy atom. The molecule has 9 N–H and O–H groups in total. The summed E-state index contributed by atoms with van der Waals surface area (Å²) in [5.41, 5.74) is -3.49. The molecule has 0 amide bonds. The number of carbonyl (C=O) groups excluding carboxylic acids is 1. The van der Waals surface area contributed by atoms with Gasteiger partial charge in [-0.05, 0) is 124 Å². The summed E-state index contributed by atoms with van der Waals surface area (Å²) in [5, 5.41) is 99.0. The molecule has 5 aliphatic carbocycles. The third-order valence-electron chi connectivity index (χ3n) is 19.6. The summed E-state index contributed by atoms with van der Waals surface area (Å²) in [6, 6.07) is 0. The minimum absolute atomic E-state index is 0.0767. The quantitative estimate of drug-likeness (QED) is 0.114. The van der Waals surface area contributed by atoms with E-state index in [1.54, 1.807) is 13.8 Å². The van der Waals surface area contributed by atoms with Gasteiger partial charge in [-0.15, -0.1) is 0 Å². The summed E-state index contributed by atoms with van der Waals surface area (Å²) in [4.78, 5) is 12.4. The maximum absolute atomic E-state index is 12.4. The Hall–Kier alpha value is -1.17. The zero-order valence-corrected chi connectivity index (χ0v) is 40.0. The van der Waals surface area contributed by atoms with Gasteiger partial charge in [0.2, 0.25) is 0 Å². The maximum atomic E-state index is 12.4. The Kier molecular flexibility index (Phi) is 12.6. The van der Waals surface area contributed by atoms with Crippen LogP contribution < -0.4 is 0 Å². The molecular weight excluding hydrogens is 865 g/mol. The van der Waals surface area contributed by atoms with E-state index in [9.17, 15) is 50.8 Å². The molecule has 25 atom stereocenters. The van der Waals surface area contributed by atoms with Crippen LogP contribution in [0.15, 0.2) is 0 Å². The van der Waals surface area contributed by atoms with Crippen LogP contribution in [0.25, 0.3) is 0 Å². The molecule has 378 valence electrons. The first kappa shape index (κ1) is 49.8. The van der Waals surface area contributed by atoms with Crippen molar-refractivity contribution in [1.82, 2.24) is 0 Å². The van der Waals surface area contributed by atoms with E-state index in [0.29, 0.717) is 25.7 Å². The lowest BCUT2D eigenvalue weighted by Crippen LogP contribution is -2.65. The molecule has 4 aliphatic heterocycles. The fourth-order valence-electron chi connectivity index (χ4n) is 16.3. The summed E-state index contributed by atoms with van der Waals surface area (Å²) in [7, 11) is 0. The zero-order valence-electron chi connectivity index (χ0n) is 40.0. The number of aliphatic hydroxyl groups is 9. The highest BCUT2D eigenvalue weighted by atomic mass is 16.8. The molecule has 5 saturated carbocycles. The van der Waals surface area contributed by atoms with Crippen molar-refractivity contribution in [3.05, 3.63) is 0 Å². The first-order valence-electron chi connectivity index (χ1n) is 24.5. The third kappa shape index (κ3) is 7.43. The van der Waals surface area contributed by atoms with Crippen molar-refractivity contribution in [2.24, 2.45) is 44.8 Å². The van der Waals surface area contributed by atoms with Crippen LogP contribution in [-0.4, -0.2) is 181 Å². The highest BCUT2D eigenvalue weighted by Crippen LogP contribution is 2.89. The summed E-state index contributed by atoms with van der Waals surface area (Å²) in [5.74, 6) is -1.03. The lowest BCUT2D eigenvalue weighted by atomic mass is 9.41.